The highest BCUT2D eigenvalue weighted by Gasteiger charge is 2.15. The molecule has 2 heterocycles. The Kier molecular flexibility index (Phi) is 3.52. The number of nitrogens with zero attached hydrogens (tertiary/aromatic N) is 3. The summed E-state index contributed by atoms with van der Waals surface area (Å²) in [5.74, 6) is 0.961. The highest BCUT2D eigenvalue weighted by Crippen LogP contribution is 2.27. The van der Waals surface area contributed by atoms with Crippen LogP contribution in [-0.2, 0) is 0 Å². The molecule has 0 bridgehead atoms. The van der Waals surface area contributed by atoms with Crippen LogP contribution in [0, 0.1) is 0 Å². The molecule has 2 aromatic heterocycles. The Balaban J connectivity index is 0.00000120. The van der Waals surface area contributed by atoms with Gasteiger partial charge in [0.2, 0.25) is 0 Å². The van der Waals surface area contributed by atoms with Crippen molar-refractivity contribution in [3.8, 4) is 11.5 Å². The van der Waals surface area contributed by atoms with Gasteiger partial charge in [0.25, 0.3) is 0 Å². The second-order valence-electron chi connectivity index (χ2n) is 4.26. The van der Waals surface area contributed by atoms with Gasteiger partial charge in [0.05, 0.1) is 16.5 Å². The highest BCUT2D eigenvalue weighted by atomic mass is 32.1. The average molecular weight is 254 g/mol. The summed E-state index contributed by atoms with van der Waals surface area (Å²) in [4.78, 5) is 9.04. The van der Waals surface area contributed by atoms with Crippen LogP contribution in [0.15, 0.2) is 35.2 Å². The normalized spacial score (nSPS) is 10.8. The van der Waals surface area contributed by atoms with E-state index in [4.69, 9.17) is 0 Å². The van der Waals surface area contributed by atoms with Gasteiger partial charge in [-0.3, -0.25) is 0 Å². The summed E-state index contributed by atoms with van der Waals surface area (Å²) in [5.41, 5.74) is 5.01. The summed E-state index contributed by atoms with van der Waals surface area (Å²) in [6.45, 7) is 4.34. The minimum absolute atomic E-state index is 0. The van der Waals surface area contributed by atoms with Crippen LogP contribution < -0.4 is 0 Å². The van der Waals surface area contributed by atoms with Gasteiger partial charge in [-0.25, -0.2) is 9.97 Å². The lowest BCUT2D eigenvalue weighted by molar-refractivity contribution is 0.623. The van der Waals surface area contributed by atoms with Crippen molar-refractivity contribution < 1.29 is 0 Å². The molecule has 5 heteroatoms. The van der Waals surface area contributed by atoms with Crippen LogP contribution in [0.4, 0.5) is 0 Å². The monoisotopic (exact) mass is 254 g/mol. The molecule has 18 heavy (non-hydrogen) atoms. The standard InChI is InChI=1S/C13H13N3S.B/c1-9(2)16-12-6-4-3-5-10(12)15-13(16)11-7-17-8-14-11;/h3-9H,1-2H3;. The fourth-order valence-electron chi connectivity index (χ4n) is 2.07. The van der Waals surface area contributed by atoms with Gasteiger partial charge in [-0.2, -0.15) is 0 Å². The predicted molar refractivity (Wildman–Crippen MR) is 77.0 cm³/mol. The Hall–Kier alpha value is -1.62. The van der Waals surface area contributed by atoms with Crippen molar-refractivity contribution in [1.29, 1.82) is 0 Å². The lowest BCUT2D eigenvalue weighted by Gasteiger charge is -2.11. The molecule has 0 aliphatic carbocycles. The van der Waals surface area contributed by atoms with Crippen molar-refractivity contribution in [2.45, 2.75) is 19.9 Å². The van der Waals surface area contributed by atoms with E-state index in [2.05, 4.69) is 34.4 Å². The Morgan fingerprint density at radius 2 is 2.00 bits per heavy atom. The number of thiazole rings is 1. The van der Waals surface area contributed by atoms with Gasteiger partial charge in [0.1, 0.15) is 5.69 Å². The first kappa shape index (κ1) is 12.8. The lowest BCUT2D eigenvalue weighted by Crippen LogP contribution is -2.03. The van der Waals surface area contributed by atoms with Crippen LogP contribution in [0.25, 0.3) is 22.6 Å². The first-order valence-electron chi connectivity index (χ1n) is 5.63. The predicted octanol–water partition coefficient (Wildman–Crippen LogP) is 3.36. The first-order valence-corrected chi connectivity index (χ1v) is 6.57. The van der Waals surface area contributed by atoms with Crippen LogP contribution in [0.1, 0.15) is 19.9 Å². The number of fused-ring (bicyclic) bond motifs is 1. The van der Waals surface area contributed by atoms with Gasteiger partial charge in [-0.05, 0) is 26.0 Å². The number of para-hydroxylation sites is 2. The van der Waals surface area contributed by atoms with E-state index in [1.54, 1.807) is 11.3 Å². The number of hydrogen-bond acceptors (Lipinski definition) is 3. The molecule has 3 rings (SSSR count). The smallest absolute Gasteiger partial charge is 0.160 e. The van der Waals surface area contributed by atoms with E-state index in [1.165, 1.54) is 5.52 Å². The zero-order valence-electron chi connectivity index (χ0n) is 10.4. The molecule has 0 amide bonds. The molecular weight excluding hydrogens is 241 g/mol. The minimum Gasteiger partial charge on any atom is -0.320 e. The maximum atomic E-state index is 4.68. The topological polar surface area (TPSA) is 30.7 Å². The number of imidazole rings is 1. The van der Waals surface area contributed by atoms with E-state index in [9.17, 15) is 0 Å². The fraction of sp³-hybridized carbons (Fsp3) is 0.231. The number of aromatic nitrogens is 3. The Morgan fingerprint density at radius 1 is 1.22 bits per heavy atom. The third kappa shape index (κ3) is 1.95. The minimum atomic E-state index is 0. The number of benzene rings is 1. The van der Waals surface area contributed by atoms with Crippen molar-refractivity contribution in [3.63, 3.8) is 0 Å². The third-order valence-electron chi connectivity index (χ3n) is 2.77. The van der Waals surface area contributed by atoms with Crippen LogP contribution >= 0.6 is 11.3 Å². The van der Waals surface area contributed by atoms with E-state index < -0.39 is 0 Å². The molecule has 0 spiro atoms. The highest BCUT2D eigenvalue weighted by molar-refractivity contribution is 7.07. The molecule has 0 atom stereocenters. The summed E-state index contributed by atoms with van der Waals surface area (Å²) in [7, 11) is 0. The summed E-state index contributed by atoms with van der Waals surface area (Å²) in [5, 5.41) is 2.04. The molecule has 0 N–H and O–H groups in total. The van der Waals surface area contributed by atoms with E-state index in [0.717, 1.165) is 17.0 Å². The van der Waals surface area contributed by atoms with Crippen LogP contribution in [0.5, 0.6) is 0 Å². The molecular formula is C13H13BN3S. The van der Waals surface area contributed by atoms with Gasteiger partial charge in [-0.15, -0.1) is 11.3 Å². The molecule has 0 aliphatic rings. The van der Waals surface area contributed by atoms with Crippen LogP contribution in [-0.4, -0.2) is 22.9 Å². The van der Waals surface area contributed by atoms with Gasteiger partial charge in [0.15, 0.2) is 5.82 Å². The fourth-order valence-corrected chi connectivity index (χ4v) is 2.60. The average Bonchev–Trinajstić information content (AvgIpc) is 2.95. The largest absolute Gasteiger partial charge is 0.320 e. The quantitative estimate of drug-likeness (QED) is 0.656. The lowest BCUT2D eigenvalue weighted by atomic mass is 10.3. The van der Waals surface area contributed by atoms with E-state index >= 15 is 0 Å². The molecule has 0 saturated heterocycles. The molecule has 3 radical (unpaired) electrons. The molecule has 3 nitrogen and oxygen atoms in total. The SMILES string of the molecule is CC(C)n1c(-c2cscn2)nc2ccccc21.[B]. The zero-order valence-corrected chi connectivity index (χ0v) is 11.2. The molecule has 0 aliphatic heterocycles. The van der Waals surface area contributed by atoms with E-state index in [1.807, 2.05) is 29.1 Å². The van der Waals surface area contributed by atoms with Gasteiger partial charge >= 0.3 is 0 Å². The Labute approximate surface area is 112 Å². The van der Waals surface area contributed by atoms with Crippen molar-refractivity contribution >= 4 is 30.8 Å². The summed E-state index contributed by atoms with van der Waals surface area (Å²) in [6, 6.07) is 8.60. The van der Waals surface area contributed by atoms with Crippen molar-refractivity contribution in [1.82, 2.24) is 14.5 Å². The number of rotatable bonds is 2. The third-order valence-corrected chi connectivity index (χ3v) is 3.36. The van der Waals surface area contributed by atoms with Gasteiger partial charge < -0.3 is 4.57 Å². The van der Waals surface area contributed by atoms with Crippen LogP contribution in [0.3, 0.4) is 0 Å². The van der Waals surface area contributed by atoms with Crippen molar-refractivity contribution in [2.75, 3.05) is 0 Å². The molecule has 0 fully saturated rings. The maximum Gasteiger partial charge on any atom is 0.160 e. The summed E-state index contributed by atoms with van der Waals surface area (Å²) in [6.07, 6.45) is 0. The summed E-state index contributed by atoms with van der Waals surface area (Å²) < 4.78 is 2.24. The van der Waals surface area contributed by atoms with Crippen molar-refractivity contribution in [3.05, 3.63) is 35.2 Å². The molecule has 1 aromatic carbocycles. The Morgan fingerprint density at radius 3 is 2.67 bits per heavy atom. The number of hydrogen-bond donors (Lipinski definition) is 0. The van der Waals surface area contributed by atoms with E-state index in [0.29, 0.717) is 6.04 Å². The van der Waals surface area contributed by atoms with Gasteiger partial charge in [-0.1, -0.05) is 12.1 Å². The van der Waals surface area contributed by atoms with Crippen LogP contribution in [0.2, 0.25) is 0 Å². The summed E-state index contributed by atoms with van der Waals surface area (Å²) >= 11 is 1.60. The maximum absolute atomic E-state index is 4.68. The molecule has 3 aromatic rings. The second kappa shape index (κ2) is 4.94. The van der Waals surface area contributed by atoms with Crippen molar-refractivity contribution in [2.24, 2.45) is 0 Å². The second-order valence-corrected chi connectivity index (χ2v) is 4.98. The zero-order chi connectivity index (χ0) is 11.8. The Bertz CT molecular complexity index is 643. The molecule has 0 unspecified atom stereocenters. The molecule has 0 saturated carbocycles. The first-order chi connectivity index (χ1) is 8.27. The van der Waals surface area contributed by atoms with E-state index in [-0.39, 0.29) is 8.41 Å². The molecule has 89 valence electrons. The van der Waals surface area contributed by atoms with Gasteiger partial charge in [0, 0.05) is 19.8 Å².